The lowest BCUT2D eigenvalue weighted by Crippen LogP contribution is -2.45. The van der Waals surface area contributed by atoms with E-state index in [1.165, 1.54) is 0 Å². The van der Waals surface area contributed by atoms with Gasteiger partial charge in [-0.1, -0.05) is 13.3 Å². The van der Waals surface area contributed by atoms with Crippen molar-refractivity contribution in [2.45, 2.75) is 76.9 Å². The first-order valence-corrected chi connectivity index (χ1v) is 10.3. The van der Waals surface area contributed by atoms with Crippen molar-refractivity contribution >= 4 is 23.9 Å². The fourth-order valence-electron chi connectivity index (χ4n) is 4.69. The number of carbonyl (C=O) groups excluding carboxylic acids is 4. The molecule has 0 amide bonds. The monoisotopic (exact) mass is 450 g/mol. The fraction of sp³-hybridized carbons (Fsp3) is 0.800. The van der Waals surface area contributed by atoms with Gasteiger partial charge in [0.1, 0.15) is 12.2 Å². The van der Waals surface area contributed by atoms with E-state index in [4.69, 9.17) is 14.2 Å². The molecule has 174 valence electrons. The Kier molecular flexibility index (Phi) is 6.52. The van der Waals surface area contributed by atoms with Crippen LogP contribution >= 0.6 is 0 Å². The molecule has 0 spiro atoms. The van der Waals surface area contributed by atoms with Crippen LogP contribution in [-0.2, 0) is 38.1 Å². The van der Waals surface area contributed by atoms with E-state index >= 15 is 0 Å². The maximum Gasteiger partial charge on any atom is 0.425 e. The lowest BCUT2D eigenvalue weighted by Gasteiger charge is -2.32. The van der Waals surface area contributed by atoms with E-state index in [0.717, 1.165) is 6.42 Å². The van der Waals surface area contributed by atoms with Gasteiger partial charge in [-0.05, 0) is 38.5 Å². The van der Waals surface area contributed by atoms with Crippen molar-refractivity contribution < 1.29 is 51.3 Å². The van der Waals surface area contributed by atoms with Crippen LogP contribution in [0, 0.1) is 17.3 Å². The highest BCUT2D eigenvalue weighted by molar-refractivity contribution is 6.02. The van der Waals surface area contributed by atoms with Crippen molar-refractivity contribution in [2.24, 2.45) is 17.3 Å². The molecular weight excluding hydrogens is 425 g/mol. The van der Waals surface area contributed by atoms with E-state index in [1.807, 2.05) is 6.92 Å². The molecule has 6 unspecified atom stereocenters. The van der Waals surface area contributed by atoms with E-state index in [2.05, 4.69) is 4.74 Å². The molecule has 11 heteroatoms. The van der Waals surface area contributed by atoms with E-state index in [-0.39, 0.29) is 25.2 Å². The minimum Gasteiger partial charge on any atom is -0.457 e. The van der Waals surface area contributed by atoms with Crippen molar-refractivity contribution in [3.8, 4) is 0 Å². The van der Waals surface area contributed by atoms with Crippen LogP contribution in [0.25, 0.3) is 0 Å². The summed E-state index contributed by atoms with van der Waals surface area (Å²) in [4.78, 5) is 48.8. The van der Waals surface area contributed by atoms with Gasteiger partial charge < -0.3 is 18.9 Å². The zero-order valence-corrected chi connectivity index (χ0v) is 17.2. The molecule has 1 aliphatic heterocycles. The molecule has 2 bridgehead atoms. The molecule has 8 nitrogen and oxygen atoms in total. The highest BCUT2D eigenvalue weighted by Gasteiger charge is 2.72. The average molecular weight is 450 g/mol. The van der Waals surface area contributed by atoms with Gasteiger partial charge in [0.05, 0.1) is 0 Å². The minimum atomic E-state index is -4.76. The van der Waals surface area contributed by atoms with Gasteiger partial charge in [-0.25, -0.2) is 4.79 Å². The normalized spacial score (nSPS) is 32.2. The summed E-state index contributed by atoms with van der Waals surface area (Å²) < 4.78 is 58.5. The van der Waals surface area contributed by atoms with E-state index in [1.54, 1.807) is 0 Å². The van der Waals surface area contributed by atoms with Crippen LogP contribution in [0.3, 0.4) is 0 Å². The van der Waals surface area contributed by atoms with E-state index < -0.39 is 66.3 Å². The highest BCUT2D eigenvalue weighted by Crippen LogP contribution is 2.60. The summed E-state index contributed by atoms with van der Waals surface area (Å²) >= 11 is 0. The molecule has 0 aromatic carbocycles. The predicted octanol–water partition coefficient (Wildman–Crippen LogP) is 2.47. The lowest BCUT2D eigenvalue weighted by atomic mass is 9.76. The van der Waals surface area contributed by atoms with E-state index in [0.29, 0.717) is 19.8 Å². The number of halogens is 3. The minimum absolute atomic E-state index is 0.0174. The summed E-state index contributed by atoms with van der Waals surface area (Å²) in [7, 11) is 0. The number of hydrogen-bond acceptors (Lipinski definition) is 8. The second-order valence-electron chi connectivity index (χ2n) is 8.37. The third kappa shape index (κ3) is 4.50. The Morgan fingerprint density at radius 3 is 2.58 bits per heavy atom. The van der Waals surface area contributed by atoms with Crippen molar-refractivity contribution in [3.63, 3.8) is 0 Å². The highest BCUT2D eigenvalue weighted by atomic mass is 19.4. The van der Waals surface area contributed by atoms with Gasteiger partial charge in [-0.15, -0.1) is 0 Å². The van der Waals surface area contributed by atoms with Crippen molar-refractivity contribution in [3.05, 3.63) is 0 Å². The standard InChI is InChI=1S/C20H25F3O8/c1-3-4-5-14(24)28-9-15(25)30-13-7-11-6-12-16(13)31-18(27)19(12,8-11)17(26)29-10(2)20(21,22)23/h10-13,16H,3-9H2,1-2H3. The molecule has 2 aliphatic carbocycles. The molecule has 2 saturated carbocycles. The number of ether oxygens (including phenoxy) is 4. The Morgan fingerprint density at radius 2 is 1.94 bits per heavy atom. The summed E-state index contributed by atoms with van der Waals surface area (Å²) in [6, 6.07) is 0. The fourth-order valence-corrected chi connectivity index (χ4v) is 4.69. The first kappa shape index (κ1) is 23.3. The molecule has 3 fully saturated rings. The maximum absolute atomic E-state index is 12.8. The summed E-state index contributed by atoms with van der Waals surface area (Å²) in [5.74, 6) is -4.51. The van der Waals surface area contributed by atoms with Crippen molar-refractivity contribution in [2.75, 3.05) is 6.61 Å². The largest absolute Gasteiger partial charge is 0.457 e. The Morgan fingerprint density at radius 1 is 1.23 bits per heavy atom. The maximum atomic E-state index is 12.8. The molecule has 0 radical (unpaired) electrons. The SMILES string of the molecule is CCCCC(=O)OCC(=O)OC1CC2CC3C1OC(=O)C3(C(=O)OC(C)C(F)(F)F)C2. The van der Waals surface area contributed by atoms with Crippen LogP contribution in [-0.4, -0.2) is 55.0 Å². The predicted molar refractivity (Wildman–Crippen MR) is 95.1 cm³/mol. The summed E-state index contributed by atoms with van der Waals surface area (Å²) in [6.45, 7) is 2.01. The summed E-state index contributed by atoms with van der Waals surface area (Å²) in [6.07, 6.45) is -6.69. The van der Waals surface area contributed by atoms with Crippen molar-refractivity contribution in [1.82, 2.24) is 0 Å². The number of unbranched alkanes of at least 4 members (excludes halogenated alkanes) is 1. The molecular formula is C20H25F3O8. The molecule has 6 atom stereocenters. The molecule has 0 aromatic heterocycles. The third-order valence-corrected chi connectivity index (χ3v) is 6.24. The van der Waals surface area contributed by atoms with Gasteiger partial charge in [0.2, 0.25) is 0 Å². The third-order valence-electron chi connectivity index (χ3n) is 6.24. The summed E-state index contributed by atoms with van der Waals surface area (Å²) in [5.41, 5.74) is -1.82. The van der Waals surface area contributed by atoms with Crippen LogP contribution in [0.4, 0.5) is 13.2 Å². The lowest BCUT2D eigenvalue weighted by molar-refractivity contribution is -0.222. The quantitative estimate of drug-likeness (QED) is 0.316. The van der Waals surface area contributed by atoms with Gasteiger partial charge in [-0.3, -0.25) is 14.4 Å². The van der Waals surface area contributed by atoms with Crippen LogP contribution in [0.5, 0.6) is 0 Å². The average Bonchev–Trinajstić information content (AvgIpc) is 3.15. The van der Waals surface area contributed by atoms with Gasteiger partial charge in [-0.2, -0.15) is 13.2 Å². The Bertz CT molecular complexity index is 751. The Balaban J connectivity index is 1.64. The number of fused-ring (bicyclic) bond motifs is 1. The zero-order valence-electron chi connectivity index (χ0n) is 17.2. The van der Waals surface area contributed by atoms with Crippen LogP contribution in [0.15, 0.2) is 0 Å². The second-order valence-corrected chi connectivity index (χ2v) is 8.37. The Hall–Kier alpha value is -2.33. The molecule has 1 saturated heterocycles. The van der Waals surface area contributed by atoms with Gasteiger partial charge in [0.15, 0.2) is 18.1 Å². The summed E-state index contributed by atoms with van der Waals surface area (Å²) in [5, 5.41) is 0. The number of alkyl halides is 3. The first-order chi connectivity index (χ1) is 14.5. The van der Waals surface area contributed by atoms with Gasteiger partial charge >= 0.3 is 30.1 Å². The zero-order chi connectivity index (χ0) is 23.0. The molecule has 1 heterocycles. The first-order valence-electron chi connectivity index (χ1n) is 10.3. The second kappa shape index (κ2) is 8.66. The topological polar surface area (TPSA) is 105 Å². The number of carbonyl (C=O) groups is 4. The van der Waals surface area contributed by atoms with Crippen LogP contribution < -0.4 is 0 Å². The molecule has 31 heavy (non-hydrogen) atoms. The van der Waals surface area contributed by atoms with Crippen LogP contribution in [0.1, 0.15) is 52.4 Å². The molecule has 3 rings (SSSR count). The smallest absolute Gasteiger partial charge is 0.425 e. The molecule has 0 N–H and O–H groups in total. The number of rotatable bonds is 8. The molecule has 0 aromatic rings. The molecule has 3 aliphatic rings. The number of hydrogen-bond donors (Lipinski definition) is 0. The van der Waals surface area contributed by atoms with Crippen molar-refractivity contribution in [1.29, 1.82) is 0 Å². The van der Waals surface area contributed by atoms with E-state index in [9.17, 15) is 32.3 Å². The number of esters is 4. The van der Waals surface area contributed by atoms with Crippen LogP contribution in [0.2, 0.25) is 0 Å². The Labute approximate surface area is 176 Å². The van der Waals surface area contributed by atoms with Gasteiger partial charge in [0.25, 0.3) is 0 Å². The van der Waals surface area contributed by atoms with Gasteiger partial charge in [0, 0.05) is 12.3 Å².